The third-order valence-electron chi connectivity index (χ3n) is 2.26. The van der Waals surface area contributed by atoms with E-state index in [4.69, 9.17) is 22.1 Å². The number of hydrogen-bond acceptors (Lipinski definition) is 2. The van der Waals surface area contributed by atoms with Crippen LogP contribution >= 0.6 is 11.6 Å². The zero-order chi connectivity index (χ0) is 10.6. The van der Waals surface area contributed by atoms with E-state index in [1.165, 1.54) is 11.1 Å². The molecule has 0 heterocycles. The molecule has 14 heavy (non-hydrogen) atoms. The Morgan fingerprint density at radius 3 is 2.71 bits per heavy atom. The Morgan fingerprint density at radius 1 is 1.43 bits per heavy atom. The molecule has 0 aliphatic carbocycles. The average molecular weight is 214 g/mol. The molecule has 0 bridgehead atoms. The van der Waals surface area contributed by atoms with Crippen molar-refractivity contribution in [3.8, 4) is 5.75 Å². The summed E-state index contributed by atoms with van der Waals surface area (Å²) in [4.78, 5) is 0. The van der Waals surface area contributed by atoms with Crippen LogP contribution in [0.5, 0.6) is 5.75 Å². The quantitative estimate of drug-likeness (QED) is 0.835. The highest BCUT2D eigenvalue weighted by atomic mass is 35.5. The van der Waals surface area contributed by atoms with Crippen LogP contribution in [0.15, 0.2) is 12.1 Å². The maximum Gasteiger partial charge on any atom is 0.137 e. The molecule has 1 aromatic rings. The van der Waals surface area contributed by atoms with Crippen molar-refractivity contribution < 1.29 is 4.74 Å². The van der Waals surface area contributed by atoms with Gasteiger partial charge >= 0.3 is 0 Å². The average Bonchev–Trinajstić information content (AvgIpc) is 2.17. The zero-order valence-electron chi connectivity index (χ0n) is 8.64. The first kappa shape index (κ1) is 11.3. The second kappa shape index (κ2) is 5.23. The van der Waals surface area contributed by atoms with Crippen LogP contribution in [-0.2, 0) is 6.42 Å². The van der Waals surface area contributed by atoms with Crippen LogP contribution in [0.4, 0.5) is 0 Å². The van der Waals surface area contributed by atoms with Gasteiger partial charge in [0.2, 0.25) is 0 Å². The molecule has 0 aliphatic rings. The maximum atomic E-state index is 5.99. The van der Waals surface area contributed by atoms with Gasteiger partial charge in [0.05, 0.1) is 12.1 Å². The van der Waals surface area contributed by atoms with Crippen molar-refractivity contribution in [1.82, 2.24) is 0 Å². The number of benzene rings is 1. The summed E-state index contributed by atoms with van der Waals surface area (Å²) in [7, 11) is 1.63. The molecule has 0 aliphatic heterocycles. The Hall–Kier alpha value is -0.730. The van der Waals surface area contributed by atoms with Crippen molar-refractivity contribution in [3.63, 3.8) is 0 Å². The molecule has 78 valence electrons. The van der Waals surface area contributed by atoms with Crippen molar-refractivity contribution >= 4 is 11.6 Å². The smallest absolute Gasteiger partial charge is 0.137 e. The largest absolute Gasteiger partial charge is 0.495 e. The minimum absolute atomic E-state index is 0.668. The van der Waals surface area contributed by atoms with Crippen LogP contribution in [0.2, 0.25) is 5.02 Å². The Morgan fingerprint density at radius 2 is 2.14 bits per heavy atom. The number of methoxy groups -OCH3 is 1. The SMILES string of the molecule is COc1cc(CCCN)c(C)cc1Cl. The van der Waals surface area contributed by atoms with Gasteiger partial charge in [0, 0.05) is 0 Å². The number of halogens is 1. The Bertz CT molecular complexity index is 312. The van der Waals surface area contributed by atoms with Gasteiger partial charge in [-0.25, -0.2) is 0 Å². The zero-order valence-corrected chi connectivity index (χ0v) is 9.40. The molecule has 0 atom stereocenters. The standard InChI is InChI=1S/C11H16ClNO/c1-8-6-10(12)11(14-2)7-9(8)4-3-5-13/h6-7H,3-5,13H2,1-2H3. The van der Waals surface area contributed by atoms with Crippen LogP contribution in [0, 0.1) is 6.92 Å². The first-order valence-corrected chi connectivity index (χ1v) is 5.10. The van der Waals surface area contributed by atoms with Gasteiger partial charge in [-0.05, 0) is 49.6 Å². The lowest BCUT2D eigenvalue weighted by Gasteiger charge is -2.09. The predicted molar refractivity (Wildman–Crippen MR) is 60.1 cm³/mol. The summed E-state index contributed by atoms with van der Waals surface area (Å²) in [6.45, 7) is 2.77. The van der Waals surface area contributed by atoms with E-state index in [0.29, 0.717) is 11.6 Å². The number of nitrogens with two attached hydrogens (primary N) is 1. The van der Waals surface area contributed by atoms with Crippen LogP contribution in [0.3, 0.4) is 0 Å². The van der Waals surface area contributed by atoms with Crippen molar-refractivity contribution in [1.29, 1.82) is 0 Å². The summed E-state index contributed by atoms with van der Waals surface area (Å²) >= 11 is 5.99. The second-order valence-corrected chi connectivity index (χ2v) is 3.71. The third-order valence-corrected chi connectivity index (χ3v) is 2.56. The van der Waals surface area contributed by atoms with Gasteiger partial charge < -0.3 is 10.5 Å². The third kappa shape index (κ3) is 2.63. The Labute approximate surface area is 90.0 Å². The predicted octanol–water partition coefficient (Wildman–Crippen LogP) is 2.55. The minimum atomic E-state index is 0.668. The van der Waals surface area contributed by atoms with Gasteiger partial charge in [-0.1, -0.05) is 11.6 Å². The van der Waals surface area contributed by atoms with Gasteiger partial charge in [0.15, 0.2) is 0 Å². The van der Waals surface area contributed by atoms with Gasteiger partial charge in [-0.15, -0.1) is 0 Å². The van der Waals surface area contributed by atoms with E-state index >= 15 is 0 Å². The number of aryl methyl sites for hydroxylation is 2. The Kier molecular flexibility index (Phi) is 4.23. The second-order valence-electron chi connectivity index (χ2n) is 3.31. The monoisotopic (exact) mass is 213 g/mol. The van der Waals surface area contributed by atoms with Crippen LogP contribution in [-0.4, -0.2) is 13.7 Å². The number of ether oxygens (including phenoxy) is 1. The summed E-state index contributed by atoms with van der Waals surface area (Å²) in [6.07, 6.45) is 1.97. The minimum Gasteiger partial charge on any atom is -0.495 e. The Balaban J connectivity index is 2.92. The molecule has 0 amide bonds. The van der Waals surface area contributed by atoms with E-state index in [0.717, 1.165) is 18.6 Å². The number of rotatable bonds is 4. The molecule has 3 heteroatoms. The summed E-state index contributed by atoms with van der Waals surface area (Å²) in [6, 6.07) is 3.93. The molecule has 0 fully saturated rings. The van der Waals surface area contributed by atoms with Gasteiger partial charge in [-0.3, -0.25) is 0 Å². The summed E-state index contributed by atoms with van der Waals surface area (Å²) < 4.78 is 5.16. The summed E-state index contributed by atoms with van der Waals surface area (Å²) in [5, 5.41) is 0.668. The van der Waals surface area contributed by atoms with Gasteiger partial charge in [0.25, 0.3) is 0 Å². The highest BCUT2D eigenvalue weighted by molar-refractivity contribution is 6.32. The molecular weight excluding hydrogens is 198 g/mol. The van der Waals surface area contributed by atoms with E-state index < -0.39 is 0 Å². The molecule has 2 N–H and O–H groups in total. The lowest BCUT2D eigenvalue weighted by molar-refractivity contribution is 0.414. The molecule has 0 saturated heterocycles. The molecule has 0 spiro atoms. The highest BCUT2D eigenvalue weighted by Crippen LogP contribution is 2.28. The molecule has 2 nitrogen and oxygen atoms in total. The van der Waals surface area contributed by atoms with E-state index in [2.05, 4.69) is 6.92 Å². The fourth-order valence-electron chi connectivity index (χ4n) is 1.41. The molecule has 1 aromatic carbocycles. The van der Waals surface area contributed by atoms with Gasteiger partial charge in [0.1, 0.15) is 5.75 Å². The van der Waals surface area contributed by atoms with Crippen molar-refractivity contribution in [3.05, 3.63) is 28.3 Å². The fourth-order valence-corrected chi connectivity index (χ4v) is 1.71. The molecule has 1 rings (SSSR count). The summed E-state index contributed by atoms with van der Waals surface area (Å²) in [5.74, 6) is 0.740. The molecule has 0 radical (unpaired) electrons. The molecular formula is C11H16ClNO. The normalized spacial score (nSPS) is 10.3. The lowest BCUT2D eigenvalue weighted by Crippen LogP contribution is -2.01. The molecule has 0 unspecified atom stereocenters. The highest BCUT2D eigenvalue weighted by Gasteiger charge is 2.05. The van der Waals surface area contributed by atoms with Crippen molar-refractivity contribution in [2.45, 2.75) is 19.8 Å². The number of hydrogen-bond donors (Lipinski definition) is 1. The summed E-state index contributed by atoms with van der Waals surface area (Å²) in [5.41, 5.74) is 7.93. The van der Waals surface area contributed by atoms with Crippen LogP contribution in [0.25, 0.3) is 0 Å². The van der Waals surface area contributed by atoms with Crippen molar-refractivity contribution in [2.24, 2.45) is 5.73 Å². The first-order chi connectivity index (χ1) is 6.69. The van der Waals surface area contributed by atoms with Crippen LogP contribution < -0.4 is 10.5 Å². The molecule has 0 aromatic heterocycles. The van der Waals surface area contributed by atoms with Crippen molar-refractivity contribution in [2.75, 3.05) is 13.7 Å². The van der Waals surface area contributed by atoms with E-state index in [-0.39, 0.29) is 0 Å². The molecule has 0 saturated carbocycles. The lowest BCUT2D eigenvalue weighted by atomic mass is 10.0. The fraction of sp³-hybridized carbons (Fsp3) is 0.455. The topological polar surface area (TPSA) is 35.2 Å². The van der Waals surface area contributed by atoms with E-state index in [9.17, 15) is 0 Å². The van der Waals surface area contributed by atoms with Gasteiger partial charge in [-0.2, -0.15) is 0 Å². The van der Waals surface area contributed by atoms with Crippen LogP contribution in [0.1, 0.15) is 17.5 Å². The van der Waals surface area contributed by atoms with E-state index in [1.807, 2.05) is 12.1 Å². The van der Waals surface area contributed by atoms with E-state index in [1.54, 1.807) is 7.11 Å². The first-order valence-electron chi connectivity index (χ1n) is 4.72. The maximum absolute atomic E-state index is 5.99.